The van der Waals surface area contributed by atoms with Gasteiger partial charge in [0, 0.05) is 6.54 Å². The fourth-order valence-corrected chi connectivity index (χ4v) is 2.08. The van der Waals surface area contributed by atoms with Crippen LogP contribution in [0.4, 0.5) is 0 Å². The molecule has 0 aromatic rings. The molecule has 2 atom stereocenters. The van der Waals surface area contributed by atoms with E-state index in [-0.39, 0.29) is 13.0 Å². The van der Waals surface area contributed by atoms with Gasteiger partial charge < -0.3 is 10.2 Å². The molecule has 88 valence electrons. The second-order valence-electron chi connectivity index (χ2n) is 3.55. The van der Waals surface area contributed by atoms with Gasteiger partial charge >= 0.3 is 0 Å². The van der Waals surface area contributed by atoms with E-state index >= 15 is 0 Å². The zero-order valence-electron chi connectivity index (χ0n) is 8.77. The van der Waals surface area contributed by atoms with E-state index in [4.69, 9.17) is 10.4 Å². The van der Waals surface area contributed by atoms with Crippen LogP contribution < -0.4 is 4.72 Å². The van der Waals surface area contributed by atoms with Crippen LogP contribution in [-0.4, -0.2) is 42.6 Å². The Hall–Kier alpha value is -0.680. The van der Waals surface area contributed by atoms with E-state index in [2.05, 4.69) is 4.72 Å². The van der Waals surface area contributed by atoms with E-state index in [0.29, 0.717) is 0 Å². The first-order valence-electron chi connectivity index (χ1n) is 4.50. The monoisotopic (exact) mass is 236 g/mol. The maximum absolute atomic E-state index is 11.4. The summed E-state index contributed by atoms with van der Waals surface area (Å²) >= 11 is 0. The summed E-state index contributed by atoms with van der Waals surface area (Å²) in [6, 6.07) is 1.65. The molecule has 0 saturated carbocycles. The quantitative estimate of drug-likeness (QED) is 0.545. The molecule has 3 N–H and O–H groups in total. The summed E-state index contributed by atoms with van der Waals surface area (Å²) in [5, 5.41) is 25.5. The molecule has 0 saturated heterocycles. The highest BCUT2D eigenvalue weighted by atomic mass is 32.2. The molecule has 0 aromatic heterocycles. The van der Waals surface area contributed by atoms with Crippen molar-refractivity contribution in [3.63, 3.8) is 0 Å². The zero-order chi connectivity index (χ0) is 12.1. The SMILES string of the molecule is CCC(C#N)S(=O)(=O)NCC(C)(O)CO. The summed E-state index contributed by atoms with van der Waals surface area (Å²) in [6.45, 7) is 2.00. The number of sulfonamides is 1. The highest BCUT2D eigenvalue weighted by molar-refractivity contribution is 7.90. The van der Waals surface area contributed by atoms with Crippen molar-refractivity contribution in [2.24, 2.45) is 0 Å². The minimum atomic E-state index is -3.75. The van der Waals surface area contributed by atoms with Crippen molar-refractivity contribution in [2.45, 2.75) is 31.1 Å². The molecule has 0 radical (unpaired) electrons. The van der Waals surface area contributed by atoms with E-state index in [1.807, 2.05) is 0 Å². The molecule has 0 rings (SSSR count). The minimum Gasteiger partial charge on any atom is -0.393 e. The van der Waals surface area contributed by atoms with Crippen LogP contribution in [0.2, 0.25) is 0 Å². The Morgan fingerprint density at radius 2 is 2.13 bits per heavy atom. The van der Waals surface area contributed by atoms with E-state index in [9.17, 15) is 13.5 Å². The summed E-state index contributed by atoms with van der Waals surface area (Å²) < 4.78 is 24.9. The lowest BCUT2D eigenvalue weighted by Crippen LogP contribution is -2.45. The van der Waals surface area contributed by atoms with Crippen molar-refractivity contribution in [3.8, 4) is 6.07 Å². The Labute approximate surface area is 89.6 Å². The van der Waals surface area contributed by atoms with Gasteiger partial charge in [0.05, 0.1) is 18.3 Å². The van der Waals surface area contributed by atoms with Crippen LogP contribution in [0.5, 0.6) is 0 Å². The fourth-order valence-electron chi connectivity index (χ4n) is 0.793. The number of nitriles is 1. The molecule has 6 nitrogen and oxygen atoms in total. The lowest BCUT2D eigenvalue weighted by atomic mass is 10.1. The van der Waals surface area contributed by atoms with E-state index in [1.165, 1.54) is 6.92 Å². The maximum Gasteiger partial charge on any atom is 0.228 e. The Bertz CT molecular complexity index is 331. The van der Waals surface area contributed by atoms with Gasteiger partial charge in [0.15, 0.2) is 5.25 Å². The lowest BCUT2D eigenvalue weighted by molar-refractivity contribution is 0.00679. The van der Waals surface area contributed by atoms with Crippen LogP contribution >= 0.6 is 0 Å². The van der Waals surface area contributed by atoms with Crippen molar-refractivity contribution < 1.29 is 18.6 Å². The van der Waals surface area contributed by atoms with Crippen molar-refractivity contribution >= 4 is 10.0 Å². The highest BCUT2D eigenvalue weighted by Crippen LogP contribution is 2.05. The molecule has 0 spiro atoms. The molecule has 0 aliphatic heterocycles. The van der Waals surface area contributed by atoms with Gasteiger partial charge in [0.25, 0.3) is 0 Å². The summed E-state index contributed by atoms with van der Waals surface area (Å²) in [6.07, 6.45) is 0.174. The average Bonchev–Trinajstić information content (AvgIpc) is 2.17. The average molecular weight is 236 g/mol. The largest absolute Gasteiger partial charge is 0.393 e. The molecular weight excluding hydrogens is 220 g/mol. The number of hydrogen-bond acceptors (Lipinski definition) is 5. The topological polar surface area (TPSA) is 110 Å². The molecule has 2 unspecified atom stereocenters. The predicted molar refractivity (Wildman–Crippen MR) is 54.3 cm³/mol. The number of nitrogens with zero attached hydrogens (tertiary/aromatic N) is 1. The third-order valence-electron chi connectivity index (χ3n) is 1.88. The molecule has 0 aliphatic rings. The van der Waals surface area contributed by atoms with Crippen LogP contribution in [-0.2, 0) is 10.0 Å². The van der Waals surface area contributed by atoms with Gasteiger partial charge in [-0.1, -0.05) is 6.92 Å². The number of aliphatic hydroxyl groups excluding tert-OH is 1. The normalized spacial score (nSPS) is 17.8. The smallest absolute Gasteiger partial charge is 0.228 e. The molecule has 0 fully saturated rings. The Balaban J connectivity index is 4.49. The second kappa shape index (κ2) is 5.42. The first-order valence-corrected chi connectivity index (χ1v) is 6.05. The van der Waals surface area contributed by atoms with Gasteiger partial charge in [0.1, 0.15) is 0 Å². The molecule has 0 aliphatic carbocycles. The number of rotatable bonds is 6. The maximum atomic E-state index is 11.4. The van der Waals surface area contributed by atoms with Crippen molar-refractivity contribution in [1.82, 2.24) is 4.72 Å². The first-order chi connectivity index (χ1) is 6.79. The van der Waals surface area contributed by atoms with Gasteiger partial charge in [-0.25, -0.2) is 13.1 Å². The fraction of sp³-hybridized carbons (Fsp3) is 0.875. The summed E-state index contributed by atoms with van der Waals surface area (Å²) in [5.41, 5.74) is -1.51. The third-order valence-corrected chi connectivity index (χ3v) is 3.62. The van der Waals surface area contributed by atoms with Crippen molar-refractivity contribution in [3.05, 3.63) is 0 Å². The van der Waals surface area contributed by atoms with Crippen LogP contribution in [0.3, 0.4) is 0 Å². The van der Waals surface area contributed by atoms with Crippen LogP contribution in [0.15, 0.2) is 0 Å². The van der Waals surface area contributed by atoms with Crippen LogP contribution in [0, 0.1) is 11.3 Å². The van der Waals surface area contributed by atoms with Crippen LogP contribution in [0.25, 0.3) is 0 Å². The van der Waals surface area contributed by atoms with E-state index < -0.39 is 27.5 Å². The zero-order valence-corrected chi connectivity index (χ0v) is 9.58. The van der Waals surface area contributed by atoms with E-state index in [0.717, 1.165) is 0 Å². The summed E-state index contributed by atoms with van der Waals surface area (Å²) in [5.74, 6) is 0. The van der Waals surface area contributed by atoms with E-state index in [1.54, 1.807) is 13.0 Å². The molecular formula is C8H16N2O4S. The molecule has 0 aromatic carbocycles. The van der Waals surface area contributed by atoms with Gasteiger partial charge in [-0.15, -0.1) is 0 Å². The summed E-state index contributed by atoms with van der Waals surface area (Å²) in [4.78, 5) is 0. The molecule has 0 bridgehead atoms. The molecule has 15 heavy (non-hydrogen) atoms. The molecule has 0 amide bonds. The number of nitrogens with one attached hydrogen (secondary N) is 1. The predicted octanol–water partition coefficient (Wildman–Crippen LogP) is -1.05. The van der Waals surface area contributed by atoms with Gasteiger partial charge in [-0.05, 0) is 13.3 Å². The minimum absolute atomic E-state index is 0.174. The molecule has 7 heteroatoms. The van der Waals surface area contributed by atoms with Crippen molar-refractivity contribution in [1.29, 1.82) is 5.26 Å². The molecule has 0 heterocycles. The van der Waals surface area contributed by atoms with Gasteiger partial charge in [-0.3, -0.25) is 0 Å². The standard InChI is InChI=1S/C8H16N2O4S/c1-3-7(4-9)15(13,14)10-5-8(2,12)6-11/h7,10-12H,3,5-6H2,1-2H3. The van der Waals surface area contributed by atoms with Crippen molar-refractivity contribution in [2.75, 3.05) is 13.2 Å². The number of aliphatic hydroxyl groups is 2. The summed E-state index contributed by atoms with van der Waals surface area (Å²) in [7, 11) is -3.75. The van der Waals surface area contributed by atoms with Crippen LogP contribution in [0.1, 0.15) is 20.3 Å². The third kappa shape index (κ3) is 4.57. The Morgan fingerprint density at radius 3 is 2.47 bits per heavy atom. The lowest BCUT2D eigenvalue weighted by Gasteiger charge is -2.21. The van der Waals surface area contributed by atoms with Gasteiger partial charge in [0.2, 0.25) is 10.0 Å². The second-order valence-corrected chi connectivity index (χ2v) is 5.49. The first kappa shape index (κ1) is 14.3. The highest BCUT2D eigenvalue weighted by Gasteiger charge is 2.27. The number of hydrogen-bond donors (Lipinski definition) is 3. The van der Waals surface area contributed by atoms with Gasteiger partial charge in [-0.2, -0.15) is 5.26 Å². The Morgan fingerprint density at radius 1 is 1.60 bits per heavy atom. The Kier molecular flexibility index (Phi) is 5.17.